The summed E-state index contributed by atoms with van der Waals surface area (Å²) >= 11 is 0. The molecule has 0 aromatic heterocycles. The summed E-state index contributed by atoms with van der Waals surface area (Å²) in [5.74, 6) is -1.82. The van der Waals surface area contributed by atoms with Gasteiger partial charge in [-0.25, -0.2) is 4.39 Å². The number of rotatable bonds is 4. The molecule has 2 amide bonds. The van der Waals surface area contributed by atoms with Crippen molar-refractivity contribution in [2.45, 2.75) is 6.92 Å². The Hall–Kier alpha value is -2.11. The second-order valence-corrected chi connectivity index (χ2v) is 3.40. The van der Waals surface area contributed by atoms with Gasteiger partial charge in [-0.3, -0.25) is 9.59 Å². The summed E-state index contributed by atoms with van der Waals surface area (Å²) in [4.78, 5) is 22.0. The predicted octanol–water partition coefficient (Wildman–Crippen LogP) is 0.397. The summed E-state index contributed by atoms with van der Waals surface area (Å²) in [6, 6.07) is 3.28. The first kappa shape index (κ1) is 13.0. The van der Waals surface area contributed by atoms with E-state index in [0.717, 1.165) is 6.07 Å². The summed E-state index contributed by atoms with van der Waals surface area (Å²) in [6.07, 6.45) is 0. The van der Waals surface area contributed by atoms with Gasteiger partial charge in [0.2, 0.25) is 5.91 Å². The zero-order valence-corrected chi connectivity index (χ0v) is 9.29. The zero-order chi connectivity index (χ0) is 12.8. The number of nitrogens with one attached hydrogen (secondary N) is 2. The Morgan fingerprint density at radius 1 is 1.29 bits per heavy atom. The van der Waals surface area contributed by atoms with Crippen molar-refractivity contribution in [1.29, 1.82) is 0 Å². The molecule has 1 rings (SSSR count). The van der Waals surface area contributed by atoms with E-state index >= 15 is 0 Å². The van der Waals surface area contributed by atoms with E-state index in [1.807, 2.05) is 0 Å². The number of halogens is 1. The molecule has 0 atom stereocenters. The minimum Gasteiger partial charge on any atom is -0.508 e. The van der Waals surface area contributed by atoms with Crippen molar-refractivity contribution in [3.63, 3.8) is 0 Å². The molecule has 0 saturated heterocycles. The molecule has 3 N–H and O–H groups in total. The lowest BCUT2D eigenvalue weighted by molar-refractivity contribution is -0.118. The minimum absolute atomic E-state index is 0.148. The van der Waals surface area contributed by atoms with Crippen LogP contribution in [0.4, 0.5) is 4.39 Å². The molecule has 0 bridgehead atoms. The van der Waals surface area contributed by atoms with Gasteiger partial charge in [-0.1, -0.05) is 0 Å². The maximum atomic E-state index is 13.2. The Labute approximate surface area is 97.6 Å². The Kier molecular flexibility index (Phi) is 4.45. The summed E-state index contributed by atoms with van der Waals surface area (Å²) in [6.45, 7) is 1.85. The highest BCUT2D eigenvalue weighted by molar-refractivity contribution is 5.94. The molecule has 0 aliphatic rings. The second kappa shape index (κ2) is 5.83. The second-order valence-electron chi connectivity index (χ2n) is 3.40. The average molecular weight is 240 g/mol. The number of phenolic OH excluding ortho intramolecular Hbond substituents is 1. The zero-order valence-electron chi connectivity index (χ0n) is 9.29. The average Bonchev–Trinajstić information content (AvgIpc) is 2.23. The van der Waals surface area contributed by atoms with Gasteiger partial charge in [-0.15, -0.1) is 0 Å². The van der Waals surface area contributed by atoms with E-state index in [2.05, 4.69) is 10.6 Å². The molecular weight excluding hydrogens is 227 g/mol. The fourth-order valence-electron chi connectivity index (χ4n) is 1.20. The van der Waals surface area contributed by atoms with Crippen molar-refractivity contribution < 1.29 is 19.1 Å². The van der Waals surface area contributed by atoms with Crippen LogP contribution in [0.3, 0.4) is 0 Å². The minimum atomic E-state index is -0.790. The van der Waals surface area contributed by atoms with E-state index in [4.69, 9.17) is 5.11 Å². The molecule has 5 nitrogen and oxygen atoms in total. The molecule has 92 valence electrons. The smallest absolute Gasteiger partial charge is 0.254 e. The van der Waals surface area contributed by atoms with Crippen molar-refractivity contribution in [2.75, 3.05) is 13.1 Å². The van der Waals surface area contributed by atoms with Gasteiger partial charge in [0, 0.05) is 26.1 Å². The normalized spacial score (nSPS) is 9.76. The Morgan fingerprint density at radius 3 is 2.53 bits per heavy atom. The molecule has 0 spiro atoms. The lowest BCUT2D eigenvalue weighted by atomic mass is 10.2. The van der Waals surface area contributed by atoms with Gasteiger partial charge in [0.25, 0.3) is 5.91 Å². The summed E-state index contributed by atoms with van der Waals surface area (Å²) < 4.78 is 13.2. The number of carbonyl (C=O) groups is 2. The SMILES string of the molecule is CC(=O)NCCNC(=O)c1ccc(O)cc1F. The number of hydrogen-bond donors (Lipinski definition) is 3. The van der Waals surface area contributed by atoms with E-state index < -0.39 is 11.7 Å². The molecule has 0 aliphatic carbocycles. The lowest BCUT2D eigenvalue weighted by Crippen LogP contribution is -2.33. The van der Waals surface area contributed by atoms with Gasteiger partial charge < -0.3 is 15.7 Å². The van der Waals surface area contributed by atoms with Crippen molar-refractivity contribution in [1.82, 2.24) is 10.6 Å². The Morgan fingerprint density at radius 2 is 1.94 bits per heavy atom. The highest BCUT2D eigenvalue weighted by Gasteiger charge is 2.11. The van der Waals surface area contributed by atoms with Crippen LogP contribution in [0, 0.1) is 5.82 Å². The predicted molar refractivity (Wildman–Crippen MR) is 59.1 cm³/mol. The molecule has 6 heteroatoms. The maximum Gasteiger partial charge on any atom is 0.254 e. The molecule has 0 unspecified atom stereocenters. The third-order valence-electron chi connectivity index (χ3n) is 1.98. The van der Waals surface area contributed by atoms with Crippen LogP contribution in [0.15, 0.2) is 18.2 Å². The molecular formula is C11H13FN2O3. The van der Waals surface area contributed by atoms with Crippen LogP contribution in [-0.4, -0.2) is 30.0 Å². The number of hydrogen-bond acceptors (Lipinski definition) is 3. The van der Waals surface area contributed by atoms with Gasteiger partial charge in [-0.05, 0) is 12.1 Å². The first-order valence-electron chi connectivity index (χ1n) is 5.02. The van der Waals surface area contributed by atoms with E-state index in [9.17, 15) is 14.0 Å². The Bertz CT molecular complexity index is 435. The molecule has 0 fully saturated rings. The van der Waals surface area contributed by atoms with E-state index in [1.54, 1.807) is 0 Å². The molecule has 17 heavy (non-hydrogen) atoms. The topological polar surface area (TPSA) is 78.4 Å². The fraction of sp³-hybridized carbons (Fsp3) is 0.273. The van der Waals surface area contributed by atoms with Crippen LogP contribution >= 0.6 is 0 Å². The number of benzene rings is 1. The number of aromatic hydroxyl groups is 1. The molecule has 0 heterocycles. The van der Waals surface area contributed by atoms with Crippen LogP contribution in [0.25, 0.3) is 0 Å². The van der Waals surface area contributed by atoms with Gasteiger partial charge in [0.05, 0.1) is 5.56 Å². The Balaban J connectivity index is 2.50. The van der Waals surface area contributed by atoms with E-state index in [-0.39, 0.29) is 30.3 Å². The summed E-state index contributed by atoms with van der Waals surface area (Å²) in [5.41, 5.74) is -0.148. The van der Waals surface area contributed by atoms with Gasteiger partial charge in [0.15, 0.2) is 0 Å². The van der Waals surface area contributed by atoms with Gasteiger partial charge in [-0.2, -0.15) is 0 Å². The van der Waals surface area contributed by atoms with Crippen molar-refractivity contribution >= 4 is 11.8 Å². The largest absolute Gasteiger partial charge is 0.508 e. The quantitative estimate of drug-likeness (QED) is 0.666. The number of amides is 2. The molecule has 1 aromatic rings. The number of carbonyl (C=O) groups excluding carboxylic acids is 2. The highest BCUT2D eigenvalue weighted by Crippen LogP contribution is 2.14. The molecule has 0 radical (unpaired) electrons. The maximum absolute atomic E-state index is 13.2. The van der Waals surface area contributed by atoms with Gasteiger partial charge in [0.1, 0.15) is 11.6 Å². The number of phenols is 1. The standard InChI is InChI=1S/C11H13FN2O3/c1-7(15)13-4-5-14-11(17)9-3-2-8(16)6-10(9)12/h2-3,6,16H,4-5H2,1H3,(H,13,15)(H,14,17). The van der Waals surface area contributed by atoms with E-state index in [1.165, 1.54) is 19.1 Å². The highest BCUT2D eigenvalue weighted by atomic mass is 19.1. The lowest BCUT2D eigenvalue weighted by Gasteiger charge is -2.06. The van der Waals surface area contributed by atoms with Crippen LogP contribution in [0.5, 0.6) is 5.75 Å². The van der Waals surface area contributed by atoms with E-state index in [0.29, 0.717) is 0 Å². The van der Waals surface area contributed by atoms with Crippen LogP contribution in [0.1, 0.15) is 17.3 Å². The fourth-order valence-corrected chi connectivity index (χ4v) is 1.20. The first-order valence-corrected chi connectivity index (χ1v) is 5.02. The third kappa shape index (κ3) is 4.10. The van der Waals surface area contributed by atoms with Gasteiger partial charge >= 0.3 is 0 Å². The third-order valence-corrected chi connectivity index (χ3v) is 1.98. The summed E-state index contributed by atoms with van der Waals surface area (Å²) in [5, 5.41) is 13.9. The van der Waals surface area contributed by atoms with Crippen LogP contribution < -0.4 is 10.6 Å². The molecule has 0 saturated carbocycles. The van der Waals surface area contributed by atoms with Crippen molar-refractivity contribution in [3.05, 3.63) is 29.6 Å². The summed E-state index contributed by atoms with van der Waals surface area (Å²) in [7, 11) is 0. The van der Waals surface area contributed by atoms with Crippen molar-refractivity contribution in [2.24, 2.45) is 0 Å². The first-order chi connectivity index (χ1) is 8.00. The van der Waals surface area contributed by atoms with Crippen LogP contribution in [-0.2, 0) is 4.79 Å². The monoisotopic (exact) mass is 240 g/mol. The van der Waals surface area contributed by atoms with Crippen LogP contribution in [0.2, 0.25) is 0 Å². The molecule has 1 aromatic carbocycles. The van der Waals surface area contributed by atoms with Crippen molar-refractivity contribution in [3.8, 4) is 5.75 Å². The molecule has 0 aliphatic heterocycles.